The largest absolute Gasteiger partial charge is 1.00 e. The molecule has 0 aliphatic rings. The molecule has 0 N–H and O–H groups in total. The van der Waals surface area contributed by atoms with Gasteiger partial charge in [-0.1, -0.05) is 0 Å². The molecule has 1 rings (SSSR count). The minimum Gasteiger partial charge on any atom is -0.767 e. The van der Waals surface area contributed by atoms with Gasteiger partial charge in [-0.2, -0.15) is 5.10 Å². The van der Waals surface area contributed by atoms with Crippen LogP contribution in [-0.2, 0) is 18.1 Å². The van der Waals surface area contributed by atoms with Crippen LogP contribution >= 0.6 is 0 Å². The van der Waals surface area contributed by atoms with Gasteiger partial charge >= 0.3 is 35.2 Å². The van der Waals surface area contributed by atoms with Crippen molar-refractivity contribution in [1.29, 1.82) is 0 Å². The van der Waals surface area contributed by atoms with E-state index in [1.807, 2.05) is 0 Å². The van der Waals surface area contributed by atoms with Gasteiger partial charge in [0.2, 0.25) is 0 Å². The second-order valence-corrected chi connectivity index (χ2v) is 2.81. The Morgan fingerprint density at radius 3 is 2.54 bits per heavy atom. The van der Waals surface area contributed by atoms with Gasteiger partial charge in [0.15, 0.2) is 5.03 Å². The van der Waals surface area contributed by atoms with Crippen molar-refractivity contribution in [2.45, 2.75) is 5.03 Å². The molecule has 13 heavy (non-hydrogen) atoms. The third-order valence-electron chi connectivity index (χ3n) is 1.22. The molecule has 0 saturated carbocycles. The van der Waals surface area contributed by atoms with Crippen LogP contribution in [0.1, 0.15) is 0 Å². The van der Waals surface area contributed by atoms with Gasteiger partial charge < -0.3 is 4.55 Å². The molecule has 0 aliphatic carbocycles. The van der Waals surface area contributed by atoms with Crippen LogP contribution in [0.2, 0.25) is 0 Å². The summed E-state index contributed by atoms with van der Waals surface area (Å²) in [6.07, 6.45) is 0.894. The van der Waals surface area contributed by atoms with E-state index in [2.05, 4.69) is 5.10 Å². The van der Waals surface area contributed by atoms with Crippen molar-refractivity contribution < 1.29 is 43.2 Å². The van der Waals surface area contributed by atoms with Crippen molar-refractivity contribution in [2.75, 3.05) is 0 Å². The molecule has 1 unspecified atom stereocenters. The fraction of sp³-hybridized carbons (Fsp3) is 0.250. The van der Waals surface area contributed by atoms with Gasteiger partial charge in [0.05, 0.1) is 4.92 Å². The molecule has 0 bridgehead atoms. The van der Waals surface area contributed by atoms with E-state index in [-0.39, 0.29) is 29.6 Å². The number of rotatable bonds is 2. The van der Waals surface area contributed by atoms with Gasteiger partial charge in [-0.3, -0.25) is 19.0 Å². The van der Waals surface area contributed by atoms with E-state index in [0.717, 1.165) is 10.9 Å². The monoisotopic (exact) mass is 213 g/mol. The van der Waals surface area contributed by atoms with Crippen LogP contribution in [-0.4, -0.2) is 23.5 Å². The summed E-state index contributed by atoms with van der Waals surface area (Å²) in [6, 6.07) is 0. The third kappa shape index (κ3) is 2.58. The predicted octanol–water partition coefficient (Wildman–Crippen LogP) is -3.43. The minimum atomic E-state index is -2.63. The summed E-state index contributed by atoms with van der Waals surface area (Å²) in [5, 5.41) is 13.2. The second kappa shape index (κ2) is 4.82. The van der Waals surface area contributed by atoms with E-state index in [9.17, 15) is 18.9 Å². The summed E-state index contributed by atoms with van der Waals surface area (Å²) in [5.41, 5.74) is -0.508. The van der Waals surface area contributed by atoms with E-state index < -0.39 is 26.7 Å². The molecule has 1 aromatic heterocycles. The summed E-state index contributed by atoms with van der Waals surface area (Å²) in [5.74, 6) is 0. The normalized spacial score (nSPS) is 11.8. The molecule has 1 aromatic rings. The van der Waals surface area contributed by atoms with E-state index in [1.165, 1.54) is 7.05 Å². The number of nitro groups is 1. The molecule has 1 heterocycles. The molecule has 9 heteroatoms. The van der Waals surface area contributed by atoms with E-state index >= 15 is 0 Å². The Bertz CT molecular complexity index is 351. The molecule has 7 nitrogen and oxygen atoms in total. The van der Waals surface area contributed by atoms with Crippen LogP contribution in [0, 0.1) is 10.1 Å². The molecule has 0 saturated heterocycles. The SMILES string of the molecule is Cn1ncc([N+](=O)[O-])c1S(=O)[O-].[Na+]. The van der Waals surface area contributed by atoms with Crippen molar-refractivity contribution in [3.05, 3.63) is 16.3 Å². The van der Waals surface area contributed by atoms with Gasteiger partial charge in [0.25, 0.3) is 0 Å². The Morgan fingerprint density at radius 2 is 2.23 bits per heavy atom. The Kier molecular flexibility index (Phi) is 4.71. The second-order valence-electron chi connectivity index (χ2n) is 1.95. The van der Waals surface area contributed by atoms with Gasteiger partial charge in [0.1, 0.15) is 6.20 Å². The quantitative estimate of drug-likeness (QED) is 0.220. The number of nitrogens with zero attached hydrogens (tertiary/aromatic N) is 3. The number of aryl methyl sites for hydroxylation is 1. The maximum absolute atomic E-state index is 10.4. The fourth-order valence-electron chi connectivity index (χ4n) is 0.733. The summed E-state index contributed by atoms with van der Waals surface area (Å²) in [7, 11) is 1.32. The summed E-state index contributed by atoms with van der Waals surface area (Å²) >= 11 is -2.63. The van der Waals surface area contributed by atoms with Gasteiger partial charge in [0, 0.05) is 18.1 Å². The van der Waals surface area contributed by atoms with E-state index in [1.54, 1.807) is 0 Å². The average Bonchev–Trinajstić information content (AvgIpc) is 2.30. The first-order valence-corrected chi connectivity index (χ1v) is 3.87. The summed E-state index contributed by atoms with van der Waals surface area (Å²) in [6.45, 7) is 0. The number of hydrogen-bond acceptors (Lipinski definition) is 5. The molecular weight excluding hydrogens is 209 g/mol. The Labute approximate surface area is 97.8 Å². The predicted molar refractivity (Wildman–Crippen MR) is 37.0 cm³/mol. The molecule has 0 aromatic carbocycles. The van der Waals surface area contributed by atoms with Gasteiger partial charge in [-0.25, -0.2) is 0 Å². The van der Waals surface area contributed by atoms with Gasteiger partial charge in [-0.05, 0) is 0 Å². The molecular formula is C4H4N3NaO4S. The first-order valence-electron chi connectivity index (χ1n) is 2.79. The number of hydrogen-bond donors (Lipinski definition) is 0. The summed E-state index contributed by atoms with van der Waals surface area (Å²) in [4.78, 5) is 9.42. The average molecular weight is 213 g/mol. The third-order valence-corrected chi connectivity index (χ3v) is 2.01. The van der Waals surface area contributed by atoms with E-state index in [0.29, 0.717) is 0 Å². The molecule has 0 fully saturated rings. The van der Waals surface area contributed by atoms with Crippen molar-refractivity contribution in [3.8, 4) is 0 Å². The molecule has 0 aliphatic heterocycles. The fourth-order valence-corrected chi connectivity index (χ4v) is 1.29. The first-order chi connectivity index (χ1) is 5.54. The maximum atomic E-state index is 10.4. The minimum absolute atomic E-state index is 0. The van der Waals surface area contributed by atoms with Crippen LogP contribution in [0.5, 0.6) is 0 Å². The standard InChI is InChI=1S/C4H5N3O4S.Na/c1-6-4(12(10)11)3(2-5-6)7(8)9;/h2H,1H3,(H,10,11);/q;+1/p-1. The van der Waals surface area contributed by atoms with E-state index in [4.69, 9.17) is 0 Å². The van der Waals surface area contributed by atoms with Gasteiger partial charge in [-0.15, -0.1) is 0 Å². The molecule has 0 amide bonds. The molecule has 1 atom stereocenters. The molecule has 0 radical (unpaired) electrons. The van der Waals surface area contributed by atoms with Crippen molar-refractivity contribution in [3.63, 3.8) is 0 Å². The Balaban J connectivity index is 0.00000144. The molecule has 0 spiro atoms. The Hall–Kier alpha value is -0.280. The summed E-state index contributed by atoms with van der Waals surface area (Å²) < 4.78 is 21.8. The zero-order valence-corrected chi connectivity index (χ0v) is 9.78. The smallest absolute Gasteiger partial charge is 0.767 e. The van der Waals surface area contributed by atoms with Crippen LogP contribution in [0.15, 0.2) is 11.2 Å². The maximum Gasteiger partial charge on any atom is 1.00 e. The van der Waals surface area contributed by atoms with Crippen molar-refractivity contribution in [2.24, 2.45) is 7.05 Å². The molecule has 66 valence electrons. The van der Waals surface area contributed by atoms with Crippen molar-refractivity contribution >= 4 is 16.8 Å². The van der Waals surface area contributed by atoms with Crippen LogP contribution < -0.4 is 29.6 Å². The van der Waals surface area contributed by atoms with Crippen molar-refractivity contribution in [1.82, 2.24) is 9.78 Å². The zero-order valence-electron chi connectivity index (χ0n) is 6.96. The number of aromatic nitrogens is 2. The first kappa shape index (κ1) is 12.7. The van der Waals surface area contributed by atoms with Crippen LogP contribution in [0.3, 0.4) is 0 Å². The Morgan fingerprint density at radius 1 is 1.69 bits per heavy atom. The zero-order chi connectivity index (χ0) is 9.30. The van der Waals surface area contributed by atoms with Crippen LogP contribution in [0.25, 0.3) is 0 Å². The topological polar surface area (TPSA) is 101 Å². The van der Waals surface area contributed by atoms with Crippen LogP contribution in [0.4, 0.5) is 5.69 Å².